The highest BCUT2D eigenvalue weighted by Crippen LogP contribution is 2.38. The minimum Gasteiger partial charge on any atom is -0.490 e. The number of carbonyl (C=O) groups excluding carboxylic acids is 1. The van der Waals surface area contributed by atoms with Gasteiger partial charge in [0.2, 0.25) is 0 Å². The van der Waals surface area contributed by atoms with E-state index in [0.717, 1.165) is 16.7 Å². The summed E-state index contributed by atoms with van der Waals surface area (Å²) in [6, 6.07) is 18.0. The van der Waals surface area contributed by atoms with E-state index < -0.39 is 0 Å². The van der Waals surface area contributed by atoms with Gasteiger partial charge in [-0.25, -0.2) is 9.38 Å². The molecule has 0 aliphatic carbocycles. The van der Waals surface area contributed by atoms with Crippen molar-refractivity contribution in [1.82, 2.24) is 4.90 Å². The minimum absolute atomic E-state index is 0.124. The van der Waals surface area contributed by atoms with Gasteiger partial charge in [0.1, 0.15) is 12.4 Å². The van der Waals surface area contributed by atoms with E-state index in [-0.39, 0.29) is 11.7 Å². The average molecular weight is 531 g/mol. The van der Waals surface area contributed by atoms with Crippen molar-refractivity contribution in [3.05, 3.63) is 106 Å². The van der Waals surface area contributed by atoms with Gasteiger partial charge >= 0.3 is 0 Å². The van der Waals surface area contributed by atoms with Crippen molar-refractivity contribution in [2.75, 3.05) is 13.2 Å². The van der Waals surface area contributed by atoms with E-state index in [2.05, 4.69) is 42.8 Å². The number of amides is 1. The smallest absolute Gasteiger partial charge is 0.266 e. The summed E-state index contributed by atoms with van der Waals surface area (Å²) in [7, 11) is 0. The fourth-order valence-corrected chi connectivity index (χ4v) is 5.05. The summed E-state index contributed by atoms with van der Waals surface area (Å²) in [4.78, 5) is 19.9. The van der Waals surface area contributed by atoms with Crippen molar-refractivity contribution in [2.24, 2.45) is 4.99 Å². The molecule has 0 radical (unpaired) electrons. The van der Waals surface area contributed by atoms with E-state index in [0.29, 0.717) is 53.4 Å². The summed E-state index contributed by atoms with van der Waals surface area (Å²) in [6.07, 6.45) is 4.25. The van der Waals surface area contributed by atoms with Crippen LogP contribution in [0, 0.1) is 12.7 Å². The molecule has 0 saturated carbocycles. The number of halogens is 1. The average Bonchev–Trinajstić information content (AvgIpc) is 3.19. The van der Waals surface area contributed by atoms with Crippen LogP contribution in [-0.4, -0.2) is 29.1 Å². The van der Waals surface area contributed by atoms with E-state index >= 15 is 0 Å². The molecular weight excluding hydrogens is 499 g/mol. The van der Waals surface area contributed by atoms with Gasteiger partial charge in [0.15, 0.2) is 16.7 Å². The molecule has 7 heteroatoms. The molecule has 196 valence electrons. The van der Waals surface area contributed by atoms with E-state index in [1.165, 1.54) is 29.5 Å². The molecule has 0 atom stereocenters. The van der Waals surface area contributed by atoms with Gasteiger partial charge in [-0.3, -0.25) is 9.69 Å². The van der Waals surface area contributed by atoms with Gasteiger partial charge in [-0.2, -0.15) is 0 Å². The number of nitrogens with zero attached hydrogens (tertiary/aromatic N) is 2. The molecule has 1 heterocycles. The van der Waals surface area contributed by atoms with Crippen LogP contribution in [-0.2, 0) is 17.8 Å². The fraction of sp³-hybridized carbons (Fsp3) is 0.226. The Labute approximate surface area is 227 Å². The third kappa shape index (κ3) is 6.53. The summed E-state index contributed by atoms with van der Waals surface area (Å²) < 4.78 is 25.5. The third-order valence-electron chi connectivity index (χ3n) is 5.88. The molecule has 0 unspecified atom stereocenters. The second-order valence-corrected chi connectivity index (χ2v) is 9.75. The highest BCUT2D eigenvalue weighted by atomic mass is 32.2. The third-order valence-corrected chi connectivity index (χ3v) is 6.88. The Bertz CT molecular complexity index is 1370. The summed E-state index contributed by atoms with van der Waals surface area (Å²) in [5, 5.41) is 0.560. The number of ether oxygens (including phenoxy) is 2. The van der Waals surface area contributed by atoms with Crippen LogP contribution in [0.4, 0.5) is 10.1 Å². The zero-order valence-corrected chi connectivity index (χ0v) is 22.7. The molecular formula is C31H31FN2O3S. The second kappa shape index (κ2) is 12.6. The first kappa shape index (κ1) is 27.2. The summed E-state index contributed by atoms with van der Waals surface area (Å²) in [5.41, 5.74) is 4.59. The maximum atomic E-state index is 13.3. The molecule has 0 N–H and O–H groups in total. The van der Waals surface area contributed by atoms with Gasteiger partial charge in [0, 0.05) is 12.1 Å². The van der Waals surface area contributed by atoms with Gasteiger partial charge in [-0.05, 0) is 92.6 Å². The van der Waals surface area contributed by atoms with Gasteiger partial charge in [-0.1, -0.05) is 35.9 Å². The monoisotopic (exact) mass is 530 g/mol. The van der Waals surface area contributed by atoms with Crippen LogP contribution in [0.1, 0.15) is 36.1 Å². The van der Waals surface area contributed by atoms with Gasteiger partial charge in [0.25, 0.3) is 5.91 Å². The molecule has 0 aromatic heterocycles. The zero-order chi connectivity index (χ0) is 27.1. The Hall–Kier alpha value is -3.84. The van der Waals surface area contributed by atoms with Gasteiger partial charge in [-0.15, -0.1) is 6.58 Å². The number of carbonyl (C=O) groups is 1. The maximum absolute atomic E-state index is 13.3. The molecule has 1 aliphatic heterocycles. The van der Waals surface area contributed by atoms with Crippen molar-refractivity contribution >= 4 is 34.6 Å². The first-order valence-electron chi connectivity index (χ1n) is 12.6. The van der Waals surface area contributed by atoms with Crippen molar-refractivity contribution in [3.63, 3.8) is 0 Å². The van der Waals surface area contributed by atoms with Gasteiger partial charge in [0.05, 0.1) is 17.2 Å². The number of thioether (sulfide) groups is 1. The van der Waals surface area contributed by atoms with Gasteiger partial charge < -0.3 is 9.47 Å². The zero-order valence-electron chi connectivity index (χ0n) is 21.9. The lowest BCUT2D eigenvalue weighted by Gasteiger charge is -2.17. The Morgan fingerprint density at radius 2 is 1.79 bits per heavy atom. The molecule has 1 aliphatic rings. The SMILES string of the molecule is C=CCc1cc(/C=C2/SC(=Nc3ccc(F)cc3)N(CC)C2=O)cc(OCC)c1OCc1ccc(C)cc1. The van der Waals surface area contributed by atoms with E-state index in [1.807, 2.05) is 38.1 Å². The minimum atomic E-state index is -0.330. The number of allylic oxidation sites excluding steroid dienone is 1. The van der Waals surface area contributed by atoms with Crippen LogP contribution in [0.5, 0.6) is 11.5 Å². The largest absolute Gasteiger partial charge is 0.490 e. The molecule has 1 amide bonds. The van der Waals surface area contributed by atoms with Crippen molar-refractivity contribution < 1.29 is 18.7 Å². The number of rotatable bonds is 10. The van der Waals surface area contributed by atoms with Crippen LogP contribution in [0.25, 0.3) is 6.08 Å². The predicted molar refractivity (Wildman–Crippen MR) is 153 cm³/mol. The Kier molecular flexibility index (Phi) is 9.02. The van der Waals surface area contributed by atoms with Crippen molar-refractivity contribution in [1.29, 1.82) is 0 Å². The van der Waals surface area contributed by atoms with E-state index in [9.17, 15) is 9.18 Å². The lowest BCUT2D eigenvalue weighted by atomic mass is 10.0. The molecule has 1 fully saturated rings. The molecule has 5 nitrogen and oxygen atoms in total. The van der Waals surface area contributed by atoms with Crippen molar-refractivity contribution in [2.45, 2.75) is 33.8 Å². The quantitative estimate of drug-likeness (QED) is 0.202. The second-order valence-electron chi connectivity index (χ2n) is 8.74. The Balaban J connectivity index is 1.66. The molecule has 3 aromatic carbocycles. The van der Waals surface area contributed by atoms with Crippen LogP contribution in [0.3, 0.4) is 0 Å². The topological polar surface area (TPSA) is 51.1 Å². The van der Waals surface area contributed by atoms with Crippen LogP contribution in [0.2, 0.25) is 0 Å². The lowest BCUT2D eigenvalue weighted by molar-refractivity contribution is -0.122. The highest BCUT2D eigenvalue weighted by Gasteiger charge is 2.32. The maximum Gasteiger partial charge on any atom is 0.266 e. The summed E-state index contributed by atoms with van der Waals surface area (Å²) in [5.74, 6) is 0.840. The Morgan fingerprint density at radius 3 is 2.45 bits per heavy atom. The van der Waals surface area contributed by atoms with E-state index in [4.69, 9.17) is 9.47 Å². The number of benzene rings is 3. The van der Waals surface area contributed by atoms with Crippen LogP contribution in [0.15, 0.2) is 83.2 Å². The molecule has 0 spiro atoms. The van der Waals surface area contributed by atoms with E-state index in [1.54, 1.807) is 17.0 Å². The summed E-state index contributed by atoms with van der Waals surface area (Å²) >= 11 is 1.30. The fourth-order valence-electron chi connectivity index (χ4n) is 3.99. The number of amidine groups is 1. The Morgan fingerprint density at radius 1 is 1.05 bits per heavy atom. The lowest BCUT2D eigenvalue weighted by Crippen LogP contribution is -2.28. The normalized spacial score (nSPS) is 15.4. The molecule has 38 heavy (non-hydrogen) atoms. The number of aryl methyl sites for hydroxylation is 1. The van der Waals surface area contributed by atoms with Crippen molar-refractivity contribution in [3.8, 4) is 11.5 Å². The number of hydrogen-bond acceptors (Lipinski definition) is 5. The first-order chi connectivity index (χ1) is 18.4. The number of likely N-dealkylation sites (N-methyl/N-ethyl adjacent to an activating group) is 1. The summed E-state index contributed by atoms with van der Waals surface area (Å²) in [6.45, 7) is 11.1. The predicted octanol–water partition coefficient (Wildman–Crippen LogP) is 7.46. The van der Waals surface area contributed by atoms with Crippen LogP contribution >= 0.6 is 11.8 Å². The number of aliphatic imine (C=N–C) groups is 1. The molecule has 4 rings (SSSR count). The molecule has 3 aromatic rings. The molecule has 1 saturated heterocycles. The standard InChI is InChI=1S/C31H31FN2O3S/c1-5-8-24-17-23(18-27(36-7-3)29(24)37-20-22-11-9-21(4)10-12-22)19-28-30(35)34(6-2)31(38-28)33-26-15-13-25(32)14-16-26/h5,9-19H,1,6-8,20H2,2-4H3/b28-19+,33-31?. The highest BCUT2D eigenvalue weighted by molar-refractivity contribution is 8.18. The van der Waals surface area contributed by atoms with Crippen LogP contribution < -0.4 is 9.47 Å². The number of hydrogen-bond donors (Lipinski definition) is 0. The first-order valence-corrected chi connectivity index (χ1v) is 13.4. The molecule has 0 bridgehead atoms.